The van der Waals surface area contributed by atoms with Gasteiger partial charge in [0.05, 0.1) is 29.0 Å². The fourth-order valence-electron chi connectivity index (χ4n) is 3.51. The van der Waals surface area contributed by atoms with Crippen LogP contribution in [0.3, 0.4) is 0 Å². The molecule has 2 N–H and O–H groups in total. The fraction of sp³-hybridized carbons (Fsp3) is 0.273. The number of aryl methyl sites for hydroxylation is 2. The number of aromatic nitrogens is 2. The van der Waals surface area contributed by atoms with Crippen molar-refractivity contribution in [3.63, 3.8) is 0 Å². The average Bonchev–Trinajstić information content (AvgIpc) is 2.91. The molecular formula is C22H22ClN3O3S. The third kappa shape index (κ3) is 3.75. The summed E-state index contributed by atoms with van der Waals surface area (Å²) >= 11 is 7.85. The summed E-state index contributed by atoms with van der Waals surface area (Å²) in [6, 6.07) is 11.0. The van der Waals surface area contributed by atoms with Gasteiger partial charge < -0.3 is 15.2 Å². The summed E-state index contributed by atoms with van der Waals surface area (Å²) in [5.41, 5.74) is 4.42. The Morgan fingerprint density at radius 3 is 2.83 bits per heavy atom. The summed E-state index contributed by atoms with van der Waals surface area (Å²) in [6.45, 7) is 6.19. The standard InChI is InChI=1S/C22H22ClN3O3S/c1-4-29-18-9-14(6-8-17(18)27)21-20-13(3)25-26(22(20)24-19(28)11-30-21)15-7-5-12(2)16(23)10-15/h5-10,21,27H,4,11H2,1-3H3,(H,24,28)/t21-/m1/s1. The Labute approximate surface area is 184 Å². The Morgan fingerprint density at radius 1 is 1.30 bits per heavy atom. The first-order valence-corrected chi connectivity index (χ1v) is 11.0. The number of benzene rings is 2. The lowest BCUT2D eigenvalue weighted by molar-refractivity contribution is -0.113. The lowest BCUT2D eigenvalue weighted by Crippen LogP contribution is -2.15. The van der Waals surface area contributed by atoms with Gasteiger partial charge in [0.15, 0.2) is 11.5 Å². The molecule has 30 heavy (non-hydrogen) atoms. The molecule has 6 nitrogen and oxygen atoms in total. The number of amides is 1. The lowest BCUT2D eigenvalue weighted by atomic mass is 10.0. The molecule has 2 aromatic carbocycles. The largest absolute Gasteiger partial charge is 0.504 e. The first-order valence-electron chi connectivity index (χ1n) is 9.62. The van der Waals surface area contributed by atoms with Crippen molar-refractivity contribution >= 4 is 35.1 Å². The Bertz CT molecular complexity index is 1130. The smallest absolute Gasteiger partial charge is 0.235 e. The van der Waals surface area contributed by atoms with E-state index in [0.29, 0.717) is 28.9 Å². The normalized spacial score (nSPS) is 16.0. The minimum absolute atomic E-state index is 0.0908. The maximum absolute atomic E-state index is 12.5. The molecule has 0 spiro atoms. The molecule has 0 saturated carbocycles. The van der Waals surface area contributed by atoms with Crippen LogP contribution in [-0.2, 0) is 4.79 Å². The number of carbonyl (C=O) groups excluding carboxylic acids is 1. The summed E-state index contributed by atoms with van der Waals surface area (Å²) < 4.78 is 7.29. The Hall–Kier alpha value is -2.64. The van der Waals surface area contributed by atoms with Crippen molar-refractivity contribution < 1.29 is 14.6 Å². The fourth-order valence-corrected chi connectivity index (χ4v) is 4.87. The van der Waals surface area contributed by atoms with Gasteiger partial charge in [0.2, 0.25) is 5.91 Å². The van der Waals surface area contributed by atoms with Crippen LogP contribution in [0.1, 0.15) is 34.6 Å². The van der Waals surface area contributed by atoms with Crippen LogP contribution in [0.15, 0.2) is 36.4 Å². The van der Waals surface area contributed by atoms with Gasteiger partial charge in [-0.25, -0.2) is 4.68 Å². The van der Waals surface area contributed by atoms with E-state index in [4.69, 9.17) is 21.4 Å². The van der Waals surface area contributed by atoms with Crippen LogP contribution in [0, 0.1) is 13.8 Å². The molecule has 1 aliphatic heterocycles. The molecular weight excluding hydrogens is 422 g/mol. The summed E-state index contributed by atoms with van der Waals surface area (Å²) in [5, 5.41) is 18.3. The van der Waals surface area contributed by atoms with Crippen LogP contribution in [-0.4, -0.2) is 33.2 Å². The van der Waals surface area contributed by atoms with Crippen molar-refractivity contribution in [2.45, 2.75) is 26.0 Å². The number of nitrogens with zero attached hydrogens (tertiary/aromatic N) is 2. The highest BCUT2D eigenvalue weighted by Crippen LogP contribution is 2.45. The SMILES string of the molecule is CCOc1cc([C@H]2SCC(=O)Nc3c2c(C)nn3-c2ccc(C)c(Cl)c2)ccc1O. The van der Waals surface area contributed by atoms with Crippen molar-refractivity contribution in [2.75, 3.05) is 17.7 Å². The number of nitrogens with one attached hydrogen (secondary N) is 1. The van der Waals surface area contributed by atoms with Gasteiger partial charge in [-0.05, 0) is 56.2 Å². The second-order valence-corrected chi connectivity index (χ2v) is 8.59. The van der Waals surface area contributed by atoms with E-state index in [0.717, 1.165) is 28.1 Å². The highest BCUT2D eigenvalue weighted by Gasteiger charge is 2.31. The number of rotatable bonds is 4. The molecule has 0 unspecified atom stereocenters. The second-order valence-electron chi connectivity index (χ2n) is 7.09. The zero-order valence-corrected chi connectivity index (χ0v) is 18.5. The first kappa shape index (κ1) is 20.6. The van der Waals surface area contributed by atoms with Crippen molar-refractivity contribution in [1.82, 2.24) is 9.78 Å². The zero-order valence-electron chi connectivity index (χ0n) is 16.9. The van der Waals surface area contributed by atoms with Gasteiger partial charge >= 0.3 is 0 Å². The predicted molar refractivity (Wildman–Crippen MR) is 120 cm³/mol. The maximum atomic E-state index is 12.5. The molecule has 4 rings (SSSR count). The number of carbonyl (C=O) groups is 1. The highest BCUT2D eigenvalue weighted by atomic mass is 35.5. The van der Waals surface area contributed by atoms with E-state index in [1.54, 1.807) is 10.7 Å². The lowest BCUT2D eigenvalue weighted by Gasteiger charge is -2.17. The van der Waals surface area contributed by atoms with E-state index in [9.17, 15) is 9.90 Å². The molecule has 0 aliphatic carbocycles. The number of halogens is 1. The maximum Gasteiger partial charge on any atom is 0.235 e. The average molecular weight is 444 g/mol. The van der Waals surface area contributed by atoms with Crippen LogP contribution in [0.5, 0.6) is 11.5 Å². The summed E-state index contributed by atoms with van der Waals surface area (Å²) in [5.74, 6) is 1.37. The number of ether oxygens (including phenoxy) is 1. The van der Waals surface area contributed by atoms with Crippen molar-refractivity contribution in [2.24, 2.45) is 0 Å². The minimum atomic E-state index is -0.145. The summed E-state index contributed by atoms with van der Waals surface area (Å²) in [6.07, 6.45) is 0. The third-order valence-electron chi connectivity index (χ3n) is 4.99. The number of fused-ring (bicyclic) bond motifs is 1. The second kappa shape index (κ2) is 8.24. The summed E-state index contributed by atoms with van der Waals surface area (Å²) in [4.78, 5) is 12.5. The van der Waals surface area contributed by atoms with Crippen molar-refractivity contribution in [1.29, 1.82) is 0 Å². The number of phenols is 1. The third-order valence-corrected chi connectivity index (χ3v) is 6.67. The zero-order chi connectivity index (χ0) is 21.4. The summed E-state index contributed by atoms with van der Waals surface area (Å²) in [7, 11) is 0. The van der Waals surface area contributed by atoms with Crippen LogP contribution >= 0.6 is 23.4 Å². The molecule has 0 radical (unpaired) electrons. The van der Waals surface area contributed by atoms with E-state index < -0.39 is 0 Å². The molecule has 0 bridgehead atoms. The van der Waals surface area contributed by atoms with Gasteiger partial charge in [0.1, 0.15) is 5.82 Å². The van der Waals surface area contributed by atoms with Gasteiger partial charge in [0, 0.05) is 10.6 Å². The Kier molecular flexibility index (Phi) is 5.66. The topological polar surface area (TPSA) is 76.4 Å². The van der Waals surface area contributed by atoms with E-state index >= 15 is 0 Å². The van der Waals surface area contributed by atoms with Gasteiger partial charge in [0.25, 0.3) is 0 Å². The number of hydrogen-bond acceptors (Lipinski definition) is 5. The molecule has 1 atom stereocenters. The number of anilines is 1. The highest BCUT2D eigenvalue weighted by molar-refractivity contribution is 8.00. The molecule has 8 heteroatoms. The van der Waals surface area contributed by atoms with E-state index in [2.05, 4.69) is 5.32 Å². The minimum Gasteiger partial charge on any atom is -0.504 e. The van der Waals surface area contributed by atoms with Crippen molar-refractivity contribution in [3.8, 4) is 17.2 Å². The van der Waals surface area contributed by atoms with E-state index in [-0.39, 0.29) is 16.9 Å². The molecule has 1 aliphatic rings. The van der Waals surface area contributed by atoms with E-state index in [1.165, 1.54) is 11.8 Å². The van der Waals surface area contributed by atoms with Crippen LogP contribution in [0.4, 0.5) is 5.82 Å². The van der Waals surface area contributed by atoms with Crippen LogP contribution in [0.2, 0.25) is 5.02 Å². The van der Waals surface area contributed by atoms with Gasteiger partial charge in [-0.3, -0.25) is 4.79 Å². The number of thioether (sulfide) groups is 1. The molecule has 1 amide bonds. The number of aromatic hydroxyl groups is 1. The molecule has 0 saturated heterocycles. The molecule has 156 valence electrons. The first-order chi connectivity index (χ1) is 14.4. The Morgan fingerprint density at radius 2 is 2.10 bits per heavy atom. The van der Waals surface area contributed by atoms with Crippen LogP contribution in [0.25, 0.3) is 5.69 Å². The van der Waals surface area contributed by atoms with E-state index in [1.807, 2.05) is 51.1 Å². The number of phenolic OH excluding ortho intramolecular Hbond substituents is 1. The molecule has 3 aromatic rings. The molecule has 2 heterocycles. The van der Waals surface area contributed by atoms with Crippen LogP contribution < -0.4 is 10.1 Å². The quantitative estimate of drug-likeness (QED) is 0.592. The molecule has 0 fully saturated rings. The monoisotopic (exact) mass is 443 g/mol. The predicted octanol–water partition coefficient (Wildman–Crippen LogP) is 5.02. The van der Waals surface area contributed by atoms with Crippen molar-refractivity contribution in [3.05, 3.63) is 63.8 Å². The van der Waals surface area contributed by atoms with Gasteiger partial charge in [-0.1, -0.05) is 23.7 Å². The molecule has 1 aromatic heterocycles. The Balaban J connectivity index is 1.86. The van der Waals surface area contributed by atoms with Gasteiger partial charge in [-0.15, -0.1) is 11.8 Å². The number of hydrogen-bond donors (Lipinski definition) is 2. The van der Waals surface area contributed by atoms with Gasteiger partial charge in [-0.2, -0.15) is 5.10 Å².